The maximum absolute atomic E-state index is 14.0. The number of hydrogen-bond acceptors (Lipinski definition) is 5. The predicted molar refractivity (Wildman–Crippen MR) is 140 cm³/mol. The summed E-state index contributed by atoms with van der Waals surface area (Å²) in [6, 6.07) is 8.14. The van der Waals surface area contributed by atoms with E-state index < -0.39 is 17.7 Å². The third-order valence-electron chi connectivity index (χ3n) is 8.43. The Morgan fingerprint density at radius 1 is 1.08 bits per heavy atom. The quantitative estimate of drug-likeness (QED) is 0.275. The zero-order chi connectivity index (χ0) is 26.0. The lowest BCUT2D eigenvalue weighted by Gasteiger charge is -2.44. The molecule has 8 nitrogen and oxygen atoms in total. The highest BCUT2D eigenvalue weighted by atomic mass is 19.1. The van der Waals surface area contributed by atoms with E-state index in [1.165, 1.54) is 6.07 Å². The summed E-state index contributed by atoms with van der Waals surface area (Å²) in [5, 5.41) is 21.8. The van der Waals surface area contributed by atoms with E-state index >= 15 is 0 Å². The lowest BCUT2D eigenvalue weighted by molar-refractivity contribution is -0.148. The second kappa shape index (κ2) is 8.65. The summed E-state index contributed by atoms with van der Waals surface area (Å²) in [7, 11) is 0. The Labute approximate surface area is 217 Å². The molecule has 7 rings (SSSR count). The Kier molecular flexibility index (Phi) is 5.21. The Hall–Kier alpha value is -4.27. The highest BCUT2D eigenvalue weighted by Gasteiger charge is 2.45. The molecule has 2 aliphatic carbocycles. The molecule has 0 spiro atoms. The van der Waals surface area contributed by atoms with Crippen LogP contribution in [0.3, 0.4) is 0 Å². The normalized spacial score (nSPS) is 23.2. The van der Waals surface area contributed by atoms with E-state index in [0.29, 0.717) is 34.0 Å². The minimum atomic E-state index is -0.770. The van der Waals surface area contributed by atoms with Gasteiger partial charge in [-0.1, -0.05) is 25.0 Å². The van der Waals surface area contributed by atoms with Gasteiger partial charge < -0.3 is 19.8 Å². The summed E-state index contributed by atoms with van der Waals surface area (Å²) in [4.78, 5) is 29.4. The molecular weight excluding hydrogens is 485 g/mol. The number of halogens is 1. The summed E-state index contributed by atoms with van der Waals surface area (Å²) < 4.78 is 16.1. The second-order valence-corrected chi connectivity index (χ2v) is 10.6. The number of hydrogen-bond donors (Lipinski definition) is 3. The van der Waals surface area contributed by atoms with Gasteiger partial charge in [0.05, 0.1) is 12.1 Å². The number of nitrogens with one attached hydrogen (secondary N) is 1. The summed E-state index contributed by atoms with van der Waals surface area (Å²) in [5.41, 5.74) is 3.41. The van der Waals surface area contributed by atoms with E-state index in [2.05, 4.69) is 15.0 Å². The Morgan fingerprint density at radius 3 is 2.82 bits per heavy atom. The van der Waals surface area contributed by atoms with Gasteiger partial charge >= 0.3 is 5.97 Å². The number of aromatic hydroxyl groups is 1. The van der Waals surface area contributed by atoms with Crippen LogP contribution in [0.15, 0.2) is 55.1 Å². The molecule has 2 unspecified atom stereocenters. The van der Waals surface area contributed by atoms with E-state index in [1.807, 2.05) is 16.8 Å². The first-order valence-electron chi connectivity index (χ1n) is 13.0. The highest BCUT2D eigenvalue weighted by molar-refractivity contribution is 5.97. The number of fused-ring (bicyclic) bond motifs is 4. The van der Waals surface area contributed by atoms with Crippen LogP contribution in [0.25, 0.3) is 44.6 Å². The summed E-state index contributed by atoms with van der Waals surface area (Å²) in [6.45, 7) is 0. The number of rotatable bonds is 4. The predicted octanol–water partition coefficient (Wildman–Crippen LogP) is 5.94. The lowest BCUT2D eigenvalue weighted by Crippen LogP contribution is -2.41. The molecule has 3 N–H and O–H groups in total. The number of aromatic amines is 1. The van der Waals surface area contributed by atoms with Crippen molar-refractivity contribution in [3.8, 4) is 28.3 Å². The zero-order valence-corrected chi connectivity index (χ0v) is 20.5. The van der Waals surface area contributed by atoms with Gasteiger partial charge in [0, 0.05) is 46.5 Å². The van der Waals surface area contributed by atoms with Gasteiger partial charge in [-0.3, -0.25) is 4.79 Å². The lowest BCUT2D eigenvalue weighted by atomic mass is 9.64. The van der Waals surface area contributed by atoms with Crippen LogP contribution in [0.1, 0.15) is 38.1 Å². The summed E-state index contributed by atoms with van der Waals surface area (Å²) in [6.07, 6.45) is 11.4. The Bertz CT molecular complexity index is 1710. The van der Waals surface area contributed by atoms with E-state index in [0.717, 1.165) is 54.8 Å². The molecule has 9 heteroatoms. The molecule has 1 aromatic carbocycles. The monoisotopic (exact) mass is 511 g/mol. The molecule has 0 aliphatic heterocycles. The van der Waals surface area contributed by atoms with Crippen molar-refractivity contribution in [1.29, 1.82) is 0 Å². The molecule has 0 radical (unpaired) electrons. The molecule has 38 heavy (non-hydrogen) atoms. The smallest absolute Gasteiger partial charge is 0.308 e. The van der Waals surface area contributed by atoms with Crippen molar-refractivity contribution in [3.05, 3.63) is 60.9 Å². The van der Waals surface area contributed by atoms with Crippen molar-refractivity contribution in [3.63, 3.8) is 0 Å². The maximum atomic E-state index is 14.0. The minimum absolute atomic E-state index is 0.135. The molecular formula is C29H26FN5O3. The minimum Gasteiger partial charge on any atom is -0.508 e. The SMILES string of the molecule is O=C(O)[C@@H]1C2CCCC(C2)C[C@H]1n1cc(-c2cccc(O)c2)c2cnc(-c3c[nH]c4ncc(F)cc34)nc21. The van der Waals surface area contributed by atoms with Gasteiger partial charge in [-0.05, 0) is 54.9 Å². The number of aromatic nitrogens is 5. The molecule has 4 heterocycles. The number of phenolic OH excluding ortho intramolecular Hbond substituents is 1. The summed E-state index contributed by atoms with van der Waals surface area (Å²) in [5.74, 6) is -0.564. The fraction of sp³-hybridized carbons (Fsp3) is 0.310. The molecule has 4 atom stereocenters. The van der Waals surface area contributed by atoms with E-state index in [9.17, 15) is 19.4 Å². The number of aliphatic carboxylic acids is 1. The Morgan fingerprint density at radius 2 is 1.97 bits per heavy atom. The number of carbonyl (C=O) groups is 1. The standard InChI is InChI=1S/C29H26FN5O3/c30-18-10-20-21(12-32-26(20)31-11-18)27-33-13-22-23(16-4-2-6-19(36)9-16)14-35(28(22)34-27)24-8-15-3-1-5-17(7-15)25(24)29(37)38/h2,4,6,9-15,17,24-25,36H,1,3,5,7-8H2,(H,31,32)(H,37,38)/t15?,17?,24-,25-/m1/s1. The first-order valence-corrected chi connectivity index (χ1v) is 13.0. The Balaban J connectivity index is 1.45. The van der Waals surface area contributed by atoms with Crippen molar-refractivity contribution in [2.45, 2.75) is 38.1 Å². The number of pyridine rings is 1. The van der Waals surface area contributed by atoms with Crippen LogP contribution in [0, 0.1) is 23.6 Å². The van der Waals surface area contributed by atoms with Crippen LogP contribution >= 0.6 is 0 Å². The van der Waals surface area contributed by atoms with Crippen LogP contribution < -0.4 is 0 Å². The van der Waals surface area contributed by atoms with Crippen molar-refractivity contribution < 1.29 is 19.4 Å². The molecule has 5 aromatic rings. The van der Waals surface area contributed by atoms with Crippen LogP contribution in [0.2, 0.25) is 0 Å². The molecule has 2 saturated carbocycles. The average molecular weight is 512 g/mol. The van der Waals surface area contributed by atoms with Gasteiger partial charge in [-0.15, -0.1) is 0 Å². The van der Waals surface area contributed by atoms with E-state index in [4.69, 9.17) is 4.98 Å². The number of benzene rings is 1. The largest absolute Gasteiger partial charge is 0.508 e. The maximum Gasteiger partial charge on any atom is 0.308 e. The molecule has 0 saturated heterocycles. The number of phenols is 1. The third kappa shape index (κ3) is 3.64. The molecule has 4 aromatic heterocycles. The van der Waals surface area contributed by atoms with Gasteiger partial charge in [-0.2, -0.15) is 0 Å². The van der Waals surface area contributed by atoms with Crippen molar-refractivity contribution in [2.75, 3.05) is 0 Å². The van der Waals surface area contributed by atoms with E-state index in [-0.39, 0.29) is 17.7 Å². The number of carboxylic acid groups (broad SMARTS) is 1. The number of H-pyrrole nitrogens is 1. The topological polar surface area (TPSA) is 117 Å². The van der Waals surface area contributed by atoms with Crippen LogP contribution in [0.5, 0.6) is 5.75 Å². The van der Waals surface area contributed by atoms with Crippen LogP contribution in [0.4, 0.5) is 4.39 Å². The number of nitrogens with zero attached hydrogens (tertiary/aromatic N) is 4. The fourth-order valence-corrected chi connectivity index (χ4v) is 6.81. The van der Waals surface area contributed by atoms with Crippen molar-refractivity contribution in [1.82, 2.24) is 24.5 Å². The van der Waals surface area contributed by atoms with Gasteiger partial charge in [0.25, 0.3) is 0 Å². The fourth-order valence-electron chi connectivity index (χ4n) is 6.81. The first kappa shape index (κ1) is 22.9. The molecule has 2 aliphatic rings. The number of carboxylic acids is 1. The first-order chi connectivity index (χ1) is 18.5. The highest BCUT2D eigenvalue weighted by Crippen LogP contribution is 2.50. The van der Waals surface area contributed by atoms with Crippen LogP contribution in [-0.4, -0.2) is 40.7 Å². The van der Waals surface area contributed by atoms with Gasteiger partial charge in [0.1, 0.15) is 22.9 Å². The van der Waals surface area contributed by atoms with Gasteiger partial charge in [0.2, 0.25) is 0 Å². The second-order valence-electron chi connectivity index (χ2n) is 10.6. The molecule has 192 valence electrons. The molecule has 0 amide bonds. The van der Waals surface area contributed by atoms with E-state index in [1.54, 1.807) is 30.6 Å². The van der Waals surface area contributed by atoms with Gasteiger partial charge in [0.15, 0.2) is 5.82 Å². The van der Waals surface area contributed by atoms with Gasteiger partial charge in [-0.25, -0.2) is 19.3 Å². The zero-order valence-electron chi connectivity index (χ0n) is 20.5. The average Bonchev–Trinajstić information content (AvgIpc) is 3.49. The third-order valence-corrected chi connectivity index (χ3v) is 8.43. The summed E-state index contributed by atoms with van der Waals surface area (Å²) >= 11 is 0. The molecule has 2 bridgehead atoms. The van der Waals surface area contributed by atoms with Crippen molar-refractivity contribution in [2.24, 2.45) is 17.8 Å². The molecule has 2 fully saturated rings. The van der Waals surface area contributed by atoms with Crippen molar-refractivity contribution >= 4 is 28.0 Å². The van der Waals surface area contributed by atoms with Crippen LogP contribution in [-0.2, 0) is 4.79 Å².